The molecule has 19 heavy (non-hydrogen) atoms. The SMILES string of the molecule is CN(C)C(=O)CC(=O)c1ccc(C(F)(F)F)c(Cl)c1. The Labute approximate surface area is 113 Å². The van der Waals surface area contributed by atoms with Gasteiger partial charge in [0.1, 0.15) is 0 Å². The molecule has 0 fully saturated rings. The fraction of sp³-hybridized carbons (Fsp3) is 0.333. The molecule has 3 nitrogen and oxygen atoms in total. The van der Waals surface area contributed by atoms with E-state index in [1.807, 2.05) is 0 Å². The van der Waals surface area contributed by atoms with E-state index < -0.39 is 34.9 Å². The molecule has 0 saturated carbocycles. The molecule has 1 aromatic rings. The zero-order valence-corrected chi connectivity index (χ0v) is 11.0. The van der Waals surface area contributed by atoms with E-state index in [-0.39, 0.29) is 5.56 Å². The molecule has 0 aliphatic heterocycles. The average molecular weight is 294 g/mol. The number of nitrogens with zero attached hydrogens (tertiary/aromatic N) is 1. The van der Waals surface area contributed by atoms with Crippen molar-refractivity contribution in [3.63, 3.8) is 0 Å². The van der Waals surface area contributed by atoms with Crippen molar-refractivity contribution >= 4 is 23.3 Å². The molecule has 0 atom stereocenters. The Morgan fingerprint density at radius 3 is 2.26 bits per heavy atom. The normalized spacial score (nSPS) is 11.3. The third kappa shape index (κ3) is 3.96. The van der Waals surface area contributed by atoms with Crippen molar-refractivity contribution < 1.29 is 22.8 Å². The van der Waals surface area contributed by atoms with Gasteiger partial charge in [-0.25, -0.2) is 0 Å². The lowest BCUT2D eigenvalue weighted by Crippen LogP contribution is -2.24. The molecule has 0 N–H and O–H groups in total. The van der Waals surface area contributed by atoms with Gasteiger partial charge in [0.05, 0.1) is 17.0 Å². The third-order valence-corrected chi connectivity index (χ3v) is 2.72. The van der Waals surface area contributed by atoms with Crippen LogP contribution in [0.15, 0.2) is 18.2 Å². The van der Waals surface area contributed by atoms with Gasteiger partial charge in [0.15, 0.2) is 5.78 Å². The first-order chi connectivity index (χ1) is 8.62. The van der Waals surface area contributed by atoms with Crippen LogP contribution in [0.1, 0.15) is 22.3 Å². The van der Waals surface area contributed by atoms with E-state index >= 15 is 0 Å². The molecule has 1 rings (SSSR count). The molecule has 0 unspecified atom stereocenters. The minimum Gasteiger partial charge on any atom is -0.348 e. The zero-order chi connectivity index (χ0) is 14.8. The average Bonchev–Trinajstić information content (AvgIpc) is 2.26. The predicted molar refractivity (Wildman–Crippen MR) is 64.1 cm³/mol. The first-order valence-electron chi connectivity index (χ1n) is 5.23. The summed E-state index contributed by atoms with van der Waals surface area (Å²) in [6, 6.07) is 2.67. The van der Waals surface area contributed by atoms with E-state index in [2.05, 4.69) is 0 Å². The van der Waals surface area contributed by atoms with Gasteiger partial charge in [-0.2, -0.15) is 13.2 Å². The van der Waals surface area contributed by atoms with Crippen LogP contribution in [0.5, 0.6) is 0 Å². The minimum atomic E-state index is -4.57. The number of benzene rings is 1. The number of hydrogen-bond donors (Lipinski definition) is 0. The van der Waals surface area contributed by atoms with Crippen LogP contribution < -0.4 is 0 Å². The summed E-state index contributed by atoms with van der Waals surface area (Å²) in [6.07, 6.45) is -4.98. The maximum atomic E-state index is 12.5. The first kappa shape index (κ1) is 15.5. The number of rotatable bonds is 3. The van der Waals surface area contributed by atoms with Crippen LogP contribution in [0.2, 0.25) is 5.02 Å². The maximum absolute atomic E-state index is 12.5. The monoisotopic (exact) mass is 293 g/mol. The highest BCUT2D eigenvalue weighted by molar-refractivity contribution is 6.32. The largest absolute Gasteiger partial charge is 0.417 e. The van der Waals surface area contributed by atoms with E-state index in [9.17, 15) is 22.8 Å². The molecule has 0 spiro atoms. The summed E-state index contributed by atoms with van der Waals surface area (Å²) >= 11 is 5.49. The Bertz CT molecular complexity index is 512. The zero-order valence-electron chi connectivity index (χ0n) is 10.2. The first-order valence-corrected chi connectivity index (χ1v) is 5.61. The molecule has 1 aromatic carbocycles. The summed E-state index contributed by atoms with van der Waals surface area (Å²) < 4.78 is 37.4. The standard InChI is InChI=1S/C12H11ClF3NO2/c1-17(2)11(19)6-10(18)7-3-4-8(9(13)5-7)12(14,15)16/h3-5H,6H2,1-2H3. The van der Waals surface area contributed by atoms with Crippen LogP contribution >= 0.6 is 11.6 Å². The fourth-order valence-corrected chi connectivity index (χ4v) is 1.60. The van der Waals surface area contributed by atoms with Crippen molar-refractivity contribution in [2.45, 2.75) is 12.6 Å². The molecule has 0 bridgehead atoms. The van der Waals surface area contributed by atoms with Crippen LogP contribution in [0.3, 0.4) is 0 Å². The van der Waals surface area contributed by atoms with Crippen molar-refractivity contribution in [1.82, 2.24) is 4.90 Å². The van der Waals surface area contributed by atoms with Gasteiger partial charge in [0.25, 0.3) is 0 Å². The Kier molecular flexibility index (Phi) is 4.57. The number of hydrogen-bond acceptors (Lipinski definition) is 2. The van der Waals surface area contributed by atoms with E-state index in [0.29, 0.717) is 0 Å². The highest BCUT2D eigenvalue weighted by Crippen LogP contribution is 2.35. The van der Waals surface area contributed by atoms with E-state index in [1.54, 1.807) is 0 Å². The number of ketones is 1. The van der Waals surface area contributed by atoms with Gasteiger partial charge in [-0.3, -0.25) is 9.59 Å². The summed E-state index contributed by atoms with van der Waals surface area (Å²) in [5.41, 5.74) is -1.03. The topological polar surface area (TPSA) is 37.4 Å². The van der Waals surface area contributed by atoms with Crippen molar-refractivity contribution in [2.24, 2.45) is 0 Å². The lowest BCUT2D eigenvalue weighted by molar-refractivity contribution is -0.137. The van der Waals surface area contributed by atoms with Crippen LogP contribution in [-0.4, -0.2) is 30.7 Å². The number of halogens is 4. The van der Waals surface area contributed by atoms with E-state index in [1.165, 1.54) is 19.0 Å². The van der Waals surface area contributed by atoms with Gasteiger partial charge in [-0.15, -0.1) is 0 Å². The second-order valence-electron chi connectivity index (χ2n) is 4.08. The molecular formula is C12H11ClF3NO2. The molecule has 1 amide bonds. The summed E-state index contributed by atoms with van der Waals surface area (Å²) in [6.45, 7) is 0. The molecule has 0 aliphatic rings. The molecule has 7 heteroatoms. The Morgan fingerprint density at radius 1 is 1.26 bits per heavy atom. The smallest absolute Gasteiger partial charge is 0.348 e. The number of carbonyl (C=O) groups is 2. The number of alkyl halides is 3. The number of amides is 1. The fourth-order valence-electron chi connectivity index (χ4n) is 1.32. The molecule has 0 radical (unpaired) electrons. The lowest BCUT2D eigenvalue weighted by Gasteiger charge is -2.11. The Morgan fingerprint density at radius 2 is 1.84 bits per heavy atom. The summed E-state index contributed by atoms with van der Waals surface area (Å²) in [7, 11) is 2.96. The van der Waals surface area contributed by atoms with Gasteiger partial charge in [-0.1, -0.05) is 17.7 Å². The third-order valence-electron chi connectivity index (χ3n) is 2.41. The van der Waals surface area contributed by atoms with Gasteiger partial charge in [0.2, 0.25) is 5.91 Å². The Hall–Kier alpha value is -1.56. The number of carbonyl (C=O) groups excluding carboxylic acids is 2. The second-order valence-corrected chi connectivity index (χ2v) is 4.49. The van der Waals surface area contributed by atoms with Gasteiger partial charge >= 0.3 is 6.18 Å². The Balaban J connectivity index is 2.96. The van der Waals surface area contributed by atoms with Gasteiger partial charge in [0, 0.05) is 19.7 Å². The predicted octanol–water partition coefficient (Wildman–Crippen LogP) is 3.02. The lowest BCUT2D eigenvalue weighted by atomic mass is 10.1. The van der Waals surface area contributed by atoms with Crippen LogP contribution in [0.25, 0.3) is 0 Å². The molecule has 0 aliphatic carbocycles. The maximum Gasteiger partial charge on any atom is 0.417 e. The van der Waals surface area contributed by atoms with Crippen molar-refractivity contribution in [3.8, 4) is 0 Å². The highest BCUT2D eigenvalue weighted by Gasteiger charge is 2.33. The van der Waals surface area contributed by atoms with E-state index in [4.69, 9.17) is 11.6 Å². The molecular weight excluding hydrogens is 283 g/mol. The van der Waals surface area contributed by atoms with Crippen LogP contribution in [0.4, 0.5) is 13.2 Å². The van der Waals surface area contributed by atoms with Gasteiger partial charge in [-0.05, 0) is 12.1 Å². The van der Waals surface area contributed by atoms with E-state index in [0.717, 1.165) is 18.2 Å². The molecule has 0 aromatic heterocycles. The summed E-state index contributed by atoms with van der Waals surface area (Å²) in [5.74, 6) is -1.00. The van der Waals surface area contributed by atoms with Crippen LogP contribution in [-0.2, 0) is 11.0 Å². The molecule has 0 saturated heterocycles. The molecule has 0 heterocycles. The highest BCUT2D eigenvalue weighted by atomic mass is 35.5. The summed E-state index contributed by atoms with van der Waals surface area (Å²) in [5, 5.41) is -0.560. The van der Waals surface area contributed by atoms with Crippen molar-refractivity contribution in [2.75, 3.05) is 14.1 Å². The quantitative estimate of drug-likeness (QED) is 0.634. The second kappa shape index (κ2) is 5.61. The van der Waals surface area contributed by atoms with Crippen LogP contribution in [0, 0.1) is 0 Å². The molecule has 104 valence electrons. The van der Waals surface area contributed by atoms with Crippen molar-refractivity contribution in [1.29, 1.82) is 0 Å². The minimum absolute atomic E-state index is 0.0202. The van der Waals surface area contributed by atoms with Crippen molar-refractivity contribution in [3.05, 3.63) is 34.3 Å². The van der Waals surface area contributed by atoms with Gasteiger partial charge < -0.3 is 4.90 Å². The number of Topliss-reactive ketones (excluding diaryl/α,β-unsaturated/α-hetero) is 1. The summed E-state index contributed by atoms with van der Waals surface area (Å²) in [4.78, 5) is 24.2.